The Labute approximate surface area is 94.0 Å². The highest BCUT2D eigenvalue weighted by atomic mass is 32.1. The van der Waals surface area contributed by atoms with Gasteiger partial charge in [-0.25, -0.2) is 0 Å². The maximum Gasteiger partial charge on any atom is 0.245 e. The average Bonchev–Trinajstić information content (AvgIpc) is 2.18. The van der Waals surface area contributed by atoms with E-state index in [0.29, 0.717) is 5.11 Å². The van der Waals surface area contributed by atoms with Crippen LogP contribution in [0.5, 0.6) is 0 Å². The van der Waals surface area contributed by atoms with E-state index in [9.17, 15) is 4.79 Å². The van der Waals surface area contributed by atoms with Gasteiger partial charge in [0.1, 0.15) is 5.92 Å². The minimum Gasteiger partial charge on any atom is -0.355 e. The first-order valence-corrected chi connectivity index (χ1v) is 5.61. The van der Waals surface area contributed by atoms with Crippen LogP contribution in [0.15, 0.2) is 0 Å². The Balaban J connectivity index is 2.29. The van der Waals surface area contributed by atoms with Crippen molar-refractivity contribution in [2.24, 2.45) is 5.92 Å². The second-order valence-corrected chi connectivity index (χ2v) is 4.63. The Morgan fingerprint density at radius 3 is 2.67 bits per heavy atom. The second kappa shape index (κ2) is 3.78. The first-order chi connectivity index (χ1) is 7.18. The molecule has 80 valence electrons. The van der Waals surface area contributed by atoms with E-state index < -0.39 is 11.5 Å². The van der Waals surface area contributed by atoms with E-state index >= 15 is 0 Å². The molecule has 1 amide bonds. The van der Waals surface area contributed by atoms with Gasteiger partial charge in [-0.1, -0.05) is 19.3 Å². The van der Waals surface area contributed by atoms with Crippen molar-refractivity contribution in [3.8, 4) is 6.07 Å². The van der Waals surface area contributed by atoms with E-state index in [0.717, 1.165) is 25.7 Å². The van der Waals surface area contributed by atoms with Crippen LogP contribution in [0.1, 0.15) is 32.1 Å². The fourth-order valence-corrected chi connectivity index (χ4v) is 2.85. The number of nitriles is 1. The van der Waals surface area contributed by atoms with Gasteiger partial charge in [-0.2, -0.15) is 5.26 Å². The summed E-state index contributed by atoms with van der Waals surface area (Å²) in [6, 6.07) is 2.10. The van der Waals surface area contributed by atoms with Crippen LogP contribution in [0.2, 0.25) is 0 Å². The fraction of sp³-hybridized carbons (Fsp3) is 0.700. The second-order valence-electron chi connectivity index (χ2n) is 4.22. The lowest BCUT2D eigenvalue weighted by atomic mass is 9.72. The van der Waals surface area contributed by atoms with Gasteiger partial charge >= 0.3 is 0 Å². The van der Waals surface area contributed by atoms with Gasteiger partial charge in [-0.15, -0.1) is 0 Å². The molecule has 1 saturated carbocycles. The van der Waals surface area contributed by atoms with Crippen molar-refractivity contribution < 1.29 is 4.79 Å². The maximum atomic E-state index is 11.6. The molecule has 2 fully saturated rings. The monoisotopic (exact) mass is 223 g/mol. The average molecular weight is 223 g/mol. The molecular formula is C10H13N3OS. The number of carbonyl (C=O) groups excluding carboxylic acids is 1. The van der Waals surface area contributed by atoms with Gasteiger partial charge in [0.25, 0.3) is 0 Å². The highest BCUT2D eigenvalue weighted by molar-refractivity contribution is 7.80. The van der Waals surface area contributed by atoms with Gasteiger partial charge in [0.2, 0.25) is 5.91 Å². The van der Waals surface area contributed by atoms with Gasteiger partial charge in [-0.05, 0) is 25.1 Å². The molecule has 2 aliphatic rings. The molecule has 1 aliphatic carbocycles. The molecule has 0 aromatic carbocycles. The van der Waals surface area contributed by atoms with Crippen molar-refractivity contribution in [2.75, 3.05) is 0 Å². The van der Waals surface area contributed by atoms with Crippen molar-refractivity contribution >= 4 is 23.2 Å². The van der Waals surface area contributed by atoms with Crippen LogP contribution in [0.3, 0.4) is 0 Å². The summed E-state index contributed by atoms with van der Waals surface area (Å²) < 4.78 is 0. The van der Waals surface area contributed by atoms with Crippen LogP contribution < -0.4 is 10.6 Å². The molecule has 2 rings (SSSR count). The summed E-state index contributed by atoms with van der Waals surface area (Å²) in [5, 5.41) is 15.1. The van der Waals surface area contributed by atoms with Crippen LogP contribution in [-0.2, 0) is 4.79 Å². The van der Waals surface area contributed by atoms with Crippen LogP contribution in [0.25, 0.3) is 0 Å². The fourth-order valence-electron chi connectivity index (χ4n) is 2.54. The van der Waals surface area contributed by atoms with Crippen molar-refractivity contribution in [2.45, 2.75) is 37.6 Å². The van der Waals surface area contributed by atoms with E-state index in [1.54, 1.807) is 0 Å². The van der Waals surface area contributed by atoms with Crippen LogP contribution in [-0.4, -0.2) is 16.6 Å². The smallest absolute Gasteiger partial charge is 0.245 e. The topological polar surface area (TPSA) is 64.9 Å². The van der Waals surface area contributed by atoms with Gasteiger partial charge in [0.15, 0.2) is 5.11 Å². The summed E-state index contributed by atoms with van der Waals surface area (Å²) >= 11 is 4.98. The van der Waals surface area contributed by atoms with Crippen LogP contribution in [0.4, 0.5) is 0 Å². The van der Waals surface area contributed by atoms with Gasteiger partial charge in [0, 0.05) is 0 Å². The summed E-state index contributed by atoms with van der Waals surface area (Å²) in [5.74, 6) is -0.854. The Hall–Kier alpha value is -1.15. The molecule has 0 unspecified atom stereocenters. The van der Waals surface area contributed by atoms with E-state index in [4.69, 9.17) is 17.5 Å². The molecule has 0 radical (unpaired) electrons. The third kappa shape index (κ3) is 1.70. The zero-order valence-electron chi connectivity index (χ0n) is 8.38. The van der Waals surface area contributed by atoms with Gasteiger partial charge in [-0.3, -0.25) is 4.79 Å². The molecule has 1 atom stereocenters. The molecule has 1 spiro atoms. The summed E-state index contributed by atoms with van der Waals surface area (Å²) in [4.78, 5) is 11.6. The van der Waals surface area contributed by atoms with E-state index in [2.05, 4.69) is 16.7 Å². The van der Waals surface area contributed by atoms with Gasteiger partial charge in [0.05, 0.1) is 11.6 Å². The molecule has 2 N–H and O–H groups in total. The number of hydrogen-bond acceptors (Lipinski definition) is 3. The number of rotatable bonds is 0. The highest BCUT2D eigenvalue weighted by Gasteiger charge is 2.47. The van der Waals surface area contributed by atoms with E-state index in [-0.39, 0.29) is 5.91 Å². The third-order valence-corrected chi connectivity index (χ3v) is 3.49. The number of nitrogens with zero attached hydrogens (tertiary/aromatic N) is 1. The van der Waals surface area contributed by atoms with Crippen molar-refractivity contribution in [3.63, 3.8) is 0 Å². The first kappa shape index (κ1) is 10.4. The highest BCUT2D eigenvalue weighted by Crippen LogP contribution is 2.35. The molecule has 1 aliphatic heterocycles. The zero-order chi connectivity index (χ0) is 10.9. The molecular weight excluding hydrogens is 210 g/mol. The van der Waals surface area contributed by atoms with Gasteiger partial charge < -0.3 is 10.6 Å². The Morgan fingerprint density at radius 1 is 1.40 bits per heavy atom. The standard InChI is InChI=1S/C10H13N3OS/c11-6-7-8(14)12-9(15)13-10(7)4-2-1-3-5-10/h7H,1-5H2,(H2,12,13,14,15)/t7-/m1/s1. The number of thiocarbonyl (C=S) groups is 1. The molecule has 1 saturated heterocycles. The Bertz CT molecular complexity index is 341. The van der Waals surface area contributed by atoms with Crippen LogP contribution >= 0.6 is 12.2 Å². The van der Waals surface area contributed by atoms with Crippen molar-refractivity contribution in [1.82, 2.24) is 10.6 Å². The number of nitrogens with one attached hydrogen (secondary N) is 2. The molecule has 15 heavy (non-hydrogen) atoms. The predicted molar refractivity (Wildman–Crippen MR) is 58.8 cm³/mol. The predicted octanol–water partition coefficient (Wildman–Crippen LogP) is 0.833. The lowest BCUT2D eigenvalue weighted by Crippen LogP contribution is -2.66. The zero-order valence-corrected chi connectivity index (χ0v) is 9.19. The maximum absolute atomic E-state index is 11.6. The quantitative estimate of drug-likeness (QED) is 0.597. The lowest BCUT2D eigenvalue weighted by Gasteiger charge is -2.44. The minimum absolute atomic E-state index is 0.247. The number of amides is 1. The summed E-state index contributed by atoms with van der Waals surface area (Å²) in [5.41, 5.74) is -0.396. The third-order valence-electron chi connectivity index (χ3n) is 3.29. The molecule has 0 aromatic heterocycles. The van der Waals surface area contributed by atoms with E-state index in [1.165, 1.54) is 6.42 Å². The van der Waals surface area contributed by atoms with Crippen LogP contribution in [0, 0.1) is 17.2 Å². The number of carbonyl (C=O) groups is 1. The van der Waals surface area contributed by atoms with Crippen molar-refractivity contribution in [1.29, 1.82) is 5.26 Å². The Kier molecular flexibility index (Phi) is 2.61. The largest absolute Gasteiger partial charge is 0.355 e. The molecule has 1 heterocycles. The van der Waals surface area contributed by atoms with Crippen molar-refractivity contribution in [3.05, 3.63) is 0 Å². The van der Waals surface area contributed by atoms with E-state index in [1.807, 2.05) is 0 Å². The first-order valence-electron chi connectivity index (χ1n) is 5.20. The SMILES string of the molecule is N#C[C@@H]1C(=O)NC(=S)NC12CCCCC2. The molecule has 0 bridgehead atoms. The molecule has 4 nitrogen and oxygen atoms in total. The number of hydrogen-bond donors (Lipinski definition) is 2. The minimum atomic E-state index is -0.607. The lowest BCUT2D eigenvalue weighted by molar-refractivity contribution is -0.125. The summed E-state index contributed by atoms with van der Waals surface area (Å²) in [6.07, 6.45) is 5.01. The summed E-state index contributed by atoms with van der Waals surface area (Å²) in [6.45, 7) is 0. The normalized spacial score (nSPS) is 29.1. The summed E-state index contributed by atoms with van der Waals surface area (Å²) in [7, 11) is 0. The molecule has 5 heteroatoms. The molecule has 0 aromatic rings. The Morgan fingerprint density at radius 2 is 2.07 bits per heavy atom.